The summed E-state index contributed by atoms with van der Waals surface area (Å²) < 4.78 is 13.2. The van der Waals surface area contributed by atoms with E-state index in [-0.39, 0.29) is 29.6 Å². The highest BCUT2D eigenvalue weighted by molar-refractivity contribution is 5.73. The number of amides is 1. The second-order valence-electron chi connectivity index (χ2n) is 6.62. The van der Waals surface area contributed by atoms with Gasteiger partial charge >= 0.3 is 0 Å². The summed E-state index contributed by atoms with van der Waals surface area (Å²) in [5, 5.41) is 9.77. The number of phenolic OH excluding ortho intramolecular Hbond substituents is 1. The maximum Gasteiger partial charge on any atom is 0.217 e. The molecule has 3 rings (SSSR count). The molecule has 1 aromatic carbocycles. The highest BCUT2D eigenvalue weighted by Gasteiger charge is 2.30. The van der Waals surface area contributed by atoms with Gasteiger partial charge in [-0.3, -0.25) is 9.69 Å². The van der Waals surface area contributed by atoms with E-state index >= 15 is 0 Å². The van der Waals surface area contributed by atoms with E-state index in [1.54, 1.807) is 18.2 Å². The van der Waals surface area contributed by atoms with Crippen LogP contribution in [0, 0.1) is 0 Å². The monoisotopic (exact) mass is 345 g/mol. The lowest BCUT2D eigenvalue weighted by Gasteiger charge is -2.45. The Balaban J connectivity index is 1.74. The standard InChI is InChI=1S/C19H24FN3O2/c20-14-4-6-15(7-5-14)22-10-11-23(16-2-1-3-18(24)12-16)17(13-22)8-9-19(21)25/h1-6,12,15,17,24H,7-11,13H2,(H2,21,25). The molecule has 2 unspecified atom stereocenters. The van der Waals surface area contributed by atoms with E-state index in [0.717, 1.165) is 25.3 Å². The molecule has 0 aromatic heterocycles. The van der Waals surface area contributed by atoms with E-state index in [9.17, 15) is 14.3 Å². The number of carbonyl (C=O) groups is 1. The maximum absolute atomic E-state index is 13.2. The maximum atomic E-state index is 13.2. The highest BCUT2D eigenvalue weighted by atomic mass is 19.1. The van der Waals surface area contributed by atoms with Gasteiger partial charge in [-0.1, -0.05) is 12.1 Å². The van der Waals surface area contributed by atoms with Gasteiger partial charge in [0.2, 0.25) is 5.91 Å². The predicted octanol–water partition coefficient (Wildman–Crippen LogP) is 2.33. The van der Waals surface area contributed by atoms with Crippen LogP contribution in [-0.2, 0) is 4.79 Å². The van der Waals surface area contributed by atoms with Gasteiger partial charge in [-0.25, -0.2) is 4.39 Å². The van der Waals surface area contributed by atoms with E-state index < -0.39 is 0 Å². The molecule has 1 amide bonds. The molecule has 3 N–H and O–H groups in total. The third-order valence-electron chi connectivity index (χ3n) is 4.90. The summed E-state index contributed by atoms with van der Waals surface area (Å²) in [5.74, 6) is -0.264. The number of piperazine rings is 1. The van der Waals surface area contributed by atoms with Gasteiger partial charge in [-0.2, -0.15) is 0 Å². The van der Waals surface area contributed by atoms with E-state index in [1.807, 2.05) is 18.2 Å². The van der Waals surface area contributed by atoms with Crippen molar-refractivity contribution in [3.05, 3.63) is 48.3 Å². The van der Waals surface area contributed by atoms with Crippen LogP contribution in [0.1, 0.15) is 19.3 Å². The molecular weight excluding hydrogens is 321 g/mol. The first-order valence-electron chi connectivity index (χ1n) is 8.65. The number of benzene rings is 1. The van der Waals surface area contributed by atoms with Gasteiger partial charge in [-0.05, 0) is 37.1 Å². The molecule has 1 aromatic rings. The first-order valence-corrected chi connectivity index (χ1v) is 8.65. The molecule has 0 bridgehead atoms. The van der Waals surface area contributed by atoms with Crippen LogP contribution in [0.15, 0.2) is 48.3 Å². The van der Waals surface area contributed by atoms with Crippen LogP contribution < -0.4 is 10.6 Å². The molecule has 1 heterocycles. The normalized spacial score (nSPS) is 24.2. The summed E-state index contributed by atoms with van der Waals surface area (Å²) in [6, 6.07) is 7.47. The Bertz CT molecular complexity index is 689. The van der Waals surface area contributed by atoms with Crippen LogP contribution in [0.4, 0.5) is 10.1 Å². The van der Waals surface area contributed by atoms with E-state index in [2.05, 4.69) is 9.80 Å². The quantitative estimate of drug-likeness (QED) is 0.859. The van der Waals surface area contributed by atoms with Gasteiger partial charge in [0.25, 0.3) is 0 Å². The average Bonchev–Trinajstić information content (AvgIpc) is 2.60. The Morgan fingerprint density at radius 3 is 2.88 bits per heavy atom. The Kier molecular flexibility index (Phi) is 5.38. The lowest BCUT2D eigenvalue weighted by Crippen LogP contribution is -2.56. The number of allylic oxidation sites excluding steroid dienone is 2. The third kappa shape index (κ3) is 4.39. The number of phenols is 1. The van der Waals surface area contributed by atoms with Crippen molar-refractivity contribution in [2.75, 3.05) is 24.5 Å². The predicted molar refractivity (Wildman–Crippen MR) is 96.0 cm³/mol. The van der Waals surface area contributed by atoms with Gasteiger partial charge in [0.15, 0.2) is 0 Å². The molecule has 1 aliphatic heterocycles. The van der Waals surface area contributed by atoms with Crippen molar-refractivity contribution < 1.29 is 14.3 Å². The van der Waals surface area contributed by atoms with Crippen molar-refractivity contribution in [2.24, 2.45) is 5.73 Å². The molecule has 5 nitrogen and oxygen atoms in total. The number of aromatic hydroxyl groups is 1. The molecule has 0 saturated carbocycles. The first-order chi connectivity index (χ1) is 12.0. The number of carbonyl (C=O) groups excluding carboxylic acids is 1. The van der Waals surface area contributed by atoms with Gasteiger partial charge in [-0.15, -0.1) is 0 Å². The molecule has 1 fully saturated rings. The van der Waals surface area contributed by atoms with E-state index in [1.165, 1.54) is 6.08 Å². The number of nitrogens with zero attached hydrogens (tertiary/aromatic N) is 2. The SMILES string of the molecule is NC(=O)CCC1CN(C2C=CC(F)=CC2)CCN1c1cccc(O)c1. The Morgan fingerprint density at radius 2 is 2.20 bits per heavy atom. The second-order valence-corrected chi connectivity index (χ2v) is 6.62. The van der Waals surface area contributed by atoms with Gasteiger partial charge < -0.3 is 15.7 Å². The topological polar surface area (TPSA) is 69.8 Å². The van der Waals surface area contributed by atoms with Crippen molar-refractivity contribution in [3.63, 3.8) is 0 Å². The molecule has 2 atom stereocenters. The fourth-order valence-corrected chi connectivity index (χ4v) is 3.60. The first kappa shape index (κ1) is 17.5. The zero-order valence-corrected chi connectivity index (χ0v) is 14.1. The summed E-state index contributed by atoms with van der Waals surface area (Å²) in [4.78, 5) is 15.8. The minimum atomic E-state index is -0.310. The number of anilines is 1. The summed E-state index contributed by atoms with van der Waals surface area (Å²) >= 11 is 0. The summed E-state index contributed by atoms with van der Waals surface area (Å²) in [6.07, 6.45) is 6.69. The van der Waals surface area contributed by atoms with Crippen LogP contribution in [-0.4, -0.2) is 47.6 Å². The lowest BCUT2D eigenvalue weighted by molar-refractivity contribution is -0.118. The number of nitrogens with two attached hydrogens (primary N) is 1. The van der Waals surface area contributed by atoms with Crippen molar-refractivity contribution in [3.8, 4) is 5.75 Å². The summed E-state index contributed by atoms with van der Waals surface area (Å²) in [5.41, 5.74) is 6.28. The zero-order chi connectivity index (χ0) is 17.8. The van der Waals surface area contributed by atoms with Gasteiger partial charge in [0.1, 0.15) is 11.6 Å². The van der Waals surface area contributed by atoms with Crippen molar-refractivity contribution in [1.82, 2.24) is 4.90 Å². The number of hydrogen-bond acceptors (Lipinski definition) is 4. The smallest absolute Gasteiger partial charge is 0.217 e. The fraction of sp³-hybridized carbons (Fsp3) is 0.421. The van der Waals surface area contributed by atoms with Gasteiger partial charge in [0.05, 0.1) is 0 Å². The fourth-order valence-electron chi connectivity index (χ4n) is 3.60. The molecular formula is C19H24FN3O2. The molecule has 0 radical (unpaired) electrons. The van der Waals surface area contributed by atoms with Crippen molar-refractivity contribution >= 4 is 11.6 Å². The van der Waals surface area contributed by atoms with Crippen LogP contribution >= 0.6 is 0 Å². The second kappa shape index (κ2) is 7.70. The third-order valence-corrected chi connectivity index (χ3v) is 4.90. The zero-order valence-electron chi connectivity index (χ0n) is 14.1. The number of halogens is 1. The van der Waals surface area contributed by atoms with E-state index in [4.69, 9.17) is 5.73 Å². The van der Waals surface area contributed by atoms with Gasteiger partial charge in [0, 0.05) is 49.9 Å². The number of hydrogen-bond donors (Lipinski definition) is 2. The van der Waals surface area contributed by atoms with Crippen LogP contribution in [0.5, 0.6) is 5.75 Å². The molecule has 0 spiro atoms. The summed E-state index contributed by atoms with van der Waals surface area (Å²) in [7, 11) is 0. The number of primary amides is 1. The molecule has 6 heteroatoms. The minimum absolute atomic E-state index is 0.118. The highest BCUT2D eigenvalue weighted by Crippen LogP contribution is 2.28. The Hall–Kier alpha value is -2.34. The molecule has 25 heavy (non-hydrogen) atoms. The van der Waals surface area contributed by atoms with Crippen molar-refractivity contribution in [1.29, 1.82) is 0 Å². The molecule has 1 aliphatic carbocycles. The van der Waals surface area contributed by atoms with Crippen molar-refractivity contribution in [2.45, 2.75) is 31.3 Å². The summed E-state index contributed by atoms with van der Waals surface area (Å²) in [6.45, 7) is 2.39. The number of rotatable bonds is 5. The van der Waals surface area contributed by atoms with Crippen LogP contribution in [0.25, 0.3) is 0 Å². The van der Waals surface area contributed by atoms with Crippen LogP contribution in [0.2, 0.25) is 0 Å². The largest absolute Gasteiger partial charge is 0.508 e. The minimum Gasteiger partial charge on any atom is -0.508 e. The Labute approximate surface area is 147 Å². The van der Waals surface area contributed by atoms with Crippen LogP contribution in [0.3, 0.4) is 0 Å². The van der Waals surface area contributed by atoms with E-state index in [0.29, 0.717) is 19.3 Å². The molecule has 1 saturated heterocycles. The Morgan fingerprint density at radius 1 is 1.36 bits per heavy atom. The average molecular weight is 345 g/mol. The lowest BCUT2D eigenvalue weighted by atomic mass is 10.00. The molecule has 134 valence electrons. The molecule has 2 aliphatic rings.